The van der Waals surface area contributed by atoms with Crippen molar-refractivity contribution in [2.75, 3.05) is 0 Å². The molecular formula is C10H11F2N. The molecule has 1 nitrogen and oxygen atoms in total. The van der Waals surface area contributed by atoms with E-state index in [0.29, 0.717) is 0 Å². The molecule has 0 spiro atoms. The van der Waals surface area contributed by atoms with Gasteiger partial charge in [-0.05, 0) is 18.4 Å². The molecule has 0 heterocycles. The van der Waals surface area contributed by atoms with Gasteiger partial charge in [-0.25, -0.2) is 8.78 Å². The van der Waals surface area contributed by atoms with Crippen LogP contribution in [0.15, 0.2) is 24.3 Å². The highest BCUT2D eigenvalue weighted by Gasteiger charge is 2.39. The number of hydrogen-bond donors (Lipinski definition) is 1. The van der Waals surface area contributed by atoms with Gasteiger partial charge in [0.15, 0.2) is 0 Å². The number of hydrogen-bond acceptors (Lipinski definition) is 1. The summed E-state index contributed by atoms with van der Waals surface area (Å²) in [4.78, 5) is 0. The summed E-state index contributed by atoms with van der Waals surface area (Å²) in [5.41, 5.74) is 6.72. The van der Waals surface area contributed by atoms with Gasteiger partial charge in [-0.1, -0.05) is 24.3 Å². The van der Waals surface area contributed by atoms with E-state index in [2.05, 4.69) is 0 Å². The zero-order chi connectivity index (χ0) is 9.47. The van der Waals surface area contributed by atoms with Gasteiger partial charge in [0.05, 0.1) is 0 Å². The minimum atomic E-state index is -2.39. The number of nitrogens with two attached hydrogens (primary N) is 1. The first-order valence-corrected chi connectivity index (χ1v) is 4.29. The Hall–Kier alpha value is -0.960. The van der Waals surface area contributed by atoms with Crippen LogP contribution in [0.4, 0.5) is 8.78 Å². The van der Waals surface area contributed by atoms with Crippen molar-refractivity contribution in [3.63, 3.8) is 0 Å². The van der Waals surface area contributed by atoms with E-state index in [0.717, 1.165) is 18.4 Å². The third kappa shape index (κ3) is 1.56. The van der Waals surface area contributed by atoms with Crippen LogP contribution in [0.5, 0.6) is 0 Å². The summed E-state index contributed by atoms with van der Waals surface area (Å²) in [7, 11) is 0. The van der Waals surface area contributed by atoms with Gasteiger partial charge >= 0.3 is 0 Å². The van der Waals surface area contributed by atoms with Crippen LogP contribution in [0.1, 0.15) is 30.4 Å². The predicted octanol–water partition coefficient (Wildman–Crippen LogP) is 2.57. The fraction of sp³-hybridized carbons (Fsp3) is 0.400. The van der Waals surface area contributed by atoms with Gasteiger partial charge in [0.1, 0.15) is 0 Å². The molecule has 1 aromatic rings. The van der Waals surface area contributed by atoms with Gasteiger partial charge in [0.2, 0.25) is 0 Å². The summed E-state index contributed by atoms with van der Waals surface area (Å²) >= 11 is 0. The van der Waals surface area contributed by atoms with E-state index in [1.165, 1.54) is 12.1 Å². The summed E-state index contributed by atoms with van der Waals surface area (Å²) in [5, 5.41) is 0. The predicted molar refractivity (Wildman–Crippen MR) is 46.5 cm³/mol. The highest BCUT2D eigenvalue weighted by Crippen LogP contribution is 2.42. The van der Waals surface area contributed by atoms with Crippen molar-refractivity contribution in [1.29, 1.82) is 0 Å². The average molecular weight is 183 g/mol. The van der Waals surface area contributed by atoms with E-state index in [4.69, 9.17) is 5.73 Å². The lowest BCUT2D eigenvalue weighted by Gasteiger charge is -2.09. The molecule has 0 aliphatic heterocycles. The SMILES string of the molecule is NC1(c2ccc(C(F)F)cc2)CC1. The van der Waals surface area contributed by atoms with E-state index >= 15 is 0 Å². The van der Waals surface area contributed by atoms with E-state index < -0.39 is 6.43 Å². The number of alkyl halides is 2. The molecule has 0 bridgehead atoms. The fourth-order valence-corrected chi connectivity index (χ4v) is 1.38. The Morgan fingerprint density at radius 1 is 1.15 bits per heavy atom. The summed E-state index contributed by atoms with van der Waals surface area (Å²) in [6, 6.07) is 6.31. The molecule has 1 saturated carbocycles. The van der Waals surface area contributed by atoms with Crippen molar-refractivity contribution in [3.8, 4) is 0 Å². The molecular weight excluding hydrogens is 172 g/mol. The van der Waals surface area contributed by atoms with Crippen molar-refractivity contribution in [1.82, 2.24) is 0 Å². The molecule has 0 saturated heterocycles. The van der Waals surface area contributed by atoms with E-state index in [1.54, 1.807) is 12.1 Å². The molecule has 0 unspecified atom stereocenters. The third-order valence-electron chi connectivity index (χ3n) is 2.53. The monoisotopic (exact) mass is 183 g/mol. The Bertz CT molecular complexity index is 301. The maximum atomic E-state index is 12.2. The van der Waals surface area contributed by atoms with Crippen LogP contribution in [0, 0.1) is 0 Å². The molecule has 0 amide bonds. The molecule has 1 fully saturated rings. The third-order valence-corrected chi connectivity index (χ3v) is 2.53. The average Bonchev–Trinajstić information content (AvgIpc) is 2.85. The Labute approximate surface area is 75.6 Å². The summed E-state index contributed by atoms with van der Waals surface area (Å²) in [6.45, 7) is 0. The Morgan fingerprint density at radius 2 is 1.69 bits per heavy atom. The van der Waals surface area contributed by atoms with Gasteiger partial charge in [-0.2, -0.15) is 0 Å². The second-order valence-electron chi connectivity index (χ2n) is 3.58. The highest BCUT2D eigenvalue weighted by atomic mass is 19.3. The zero-order valence-corrected chi connectivity index (χ0v) is 7.13. The summed E-state index contributed by atoms with van der Waals surface area (Å²) in [6.07, 6.45) is -0.468. The molecule has 1 aromatic carbocycles. The Balaban J connectivity index is 2.24. The minimum absolute atomic E-state index is 0.0630. The van der Waals surface area contributed by atoms with E-state index in [9.17, 15) is 8.78 Å². The van der Waals surface area contributed by atoms with Crippen molar-refractivity contribution < 1.29 is 8.78 Å². The van der Waals surface area contributed by atoms with Crippen LogP contribution < -0.4 is 5.73 Å². The largest absolute Gasteiger partial charge is 0.321 e. The quantitative estimate of drug-likeness (QED) is 0.749. The van der Waals surface area contributed by atoms with Gasteiger partial charge in [0.25, 0.3) is 6.43 Å². The lowest BCUT2D eigenvalue weighted by molar-refractivity contribution is 0.151. The summed E-state index contributed by atoms with van der Waals surface area (Å²) in [5.74, 6) is 0. The number of benzene rings is 1. The maximum Gasteiger partial charge on any atom is 0.263 e. The number of rotatable bonds is 2. The van der Waals surface area contributed by atoms with E-state index in [-0.39, 0.29) is 11.1 Å². The first-order valence-electron chi connectivity index (χ1n) is 4.29. The normalized spacial score (nSPS) is 19.1. The molecule has 0 radical (unpaired) electrons. The van der Waals surface area contributed by atoms with Crippen LogP contribution in [-0.4, -0.2) is 0 Å². The van der Waals surface area contributed by atoms with Gasteiger partial charge < -0.3 is 5.73 Å². The zero-order valence-electron chi connectivity index (χ0n) is 7.13. The molecule has 2 N–H and O–H groups in total. The lowest BCUT2D eigenvalue weighted by Crippen LogP contribution is -2.18. The van der Waals surface area contributed by atoms with Crippen LogP contribution in [0.2, 0.25) is 0 Å². The molecule has 0 atom stereocenters. The van der Waals surface area contributed by atoms with Crippen molar-refractivity contribution in [2.45, 2.75) is 24.8 Å². The number of halogens is 2. The maximum absolute atomic E-state index is 12.2. The fourth-order valence-electron chi connectivity index (χ4n) is 1.38. The van der Waals surface area contributed by atoms with Crippen LogP contribution in [0.25, 0.3) is 0 Å². The highest BCUT2D eigenvalue weighted by molar-refractivity contribution is 5.32. The lowest BCUT2D eigenvalue weighted by atomic mass is 10.0. The van der Waals surface area contributed by atoms with Crippen LogP contribution in [-0.2, 0) is 5.54 Å². The minimum Gasteiger partial charge on any atom is -0.321 e. The Morgan fingerprint density at radius 3 is 2.08 bits per heavy atom. The van der Waals surface area contributed by atoms with Crippen molar-refractivity contribution >= 4 is 0 Å². The summed E-state index contributed by atoms with van der Waals surface area (Å²) < 4.78 is 24.4. The van der Waals surface area contributed by atoms with E-state index in [1.807, 2.05) is 0 Å². The second-order valence-corrected chi connectivity index (χ2v) is 3.58. The van der Waals surface area contributed by atoms with Crippen molar-refractivity contribution in [3.05, 3.63) is 35.4 Å². The molecule has 13 heavy (non-hydrogen) atoms. The first-order chi connectivity index (χ1) is 6.12. The topological polar surface area (TPSA) is 26.0 Å². The van der Waals surface area contributed by atoms with Gasteiger partial charge in [-0.15, -0.1) is 0 Å². The van der Waals surface area contributed by atoms with Crippen LogP contribution >= 0.6 is 0 Å². The standard InChI is InChI=1S/C10H11F2N/c11-9(12)7-1-3-8(4-2-7)10(13)5-6-10/h1-4,9H,5-6,13H2. The molecule has 70 valence electrons. The molecule has 1 aliphatic rings. The second kappa shape index (κ2) is 2.77. The molecule has 3 heteroatoms. The van der Waals surface area contributed by atoms with Gasteiger partial charge in [0, 0.05) is 11.1 Å². The van der Waals surface area contributed by atoms with Crippen molar-refractivity contribution in [2.24, 2.45) is 5.73 Å². The first kappa shape index (κ1) is 8.63. The molecule has 2 rings (SSSR count). The Kier molecular flexibility index (Phi) is 1.84. The van der Waals surface area contributed by atoms with Crippen LogP contribution in [0.3, 0.4) is 0 Å². The molecule has 0 aromatic heterocycles. The molecule has 1 aliphatic carbocycles. The smallest absolute Gasteiger partial charge is 0.263 e. The van der Waals surface area contributed by atoms with Gasteiger partial charge in [-0.3, -0.25) is 0 Å².